The van der Waals surface area contributed by atoms with Crippen molar-refractivity contribution < 1.29 is 4.92 Å². The van der Waals surface area contributed by atoms with Crippen molar-refractivity contribution in [1.82, 2.24) is 0 Å². The van der Waals surface area contributed by atoms with Crippen LogP contribution in [0.1, 0.15) is 32.6 Å². The van der Waals surface area contributed by atoms with Crippen LogP contribution < -0.4 is 10.6 Å². The summed E-state index contributed by atoms with van der Waals surface area (Å²) in [5.74, 6) is 0. The van der Waals surface area contributed by atoms with Crippen LogP contribution in [-0.2, 0) is 0 Å². The minimum atomic E-state index is -0.363. The lowest BCUT2D eigenvalue weighted by atomic mass is 9.90. The maximum atomic E-state index is 11.2. The fourth-order valence-corrected chi connectivity index (χ4v) is 3.23. The highest BCUT2D eigenvalue weighted by Gasteiger charge is 2.29. The van der Waals surface area contributed by atoms with Crippen LogP contribution in [0.15, 0.2) is 18.2 Å². The number of hydrogen-bond donors (Lipinski definition) is 1. The lowest BCUT2D eigenvalue weighted by Gasteiger charge is -2.37. The van der Waals surface area contributed by atoms with Crippen LogP contribution in [0.5, 0.6) is 0 Å². The molecule has 6 heteroatoms. The van der Waals surface area contributed by atoms with Gasteiger partial charge in [-0.05, 0) is 38.7 Å². The summed E-state index contributed by atoms with van der Waals surface area (Å²) in [5.41, 5.74) is 6.55. The third-order valence-electron chi connectivity index (χ3n) is 3.97. The number of nitro benzene ring substituents is 1. The van der Waals surface area contributed by atoms with E-state index in [1.807, 2.05) is 6.92 Å². The van der Waals surface area contributed by atoms with Crippen molar-refractivity contribution in [1.29, 1.82) is 0 Å². The molecule has 0 radical (unpaired) electrons. The molecule has 2 rings (SSSR count). The first kappa shape index (κ1) is 15.1. The van der Waals surface area contributed by atoms with Gasteiger partial charge in [-0.1, -0.05) is 17.7 Å². The van der Waals surface area contributed by atoms with Gasteiger partial charge in [-0.2, -0.15) is 0 Å². The average Bonchev–Trinajstić information content (AvgIpc) is 2.43. The zero-order valence-corrected chi connectivity index (χ0v) is 12.3. The first-order chi connectivity index (χ1) is 9.54. The van der Waals surface area contributed by atoms with Crippen LogP contribution in [0.3, 0.4) is 0 Å². The molecule has 2 N–H and O–H groups in total. The first-order valence-electron chi connectivity index (χ1n) is 6.99. The number of nitrogens with two attached hydrogens (primary N) is 1. The number of hydrogen-bond acceptors (Lipinski definition) is 4. The molecule has 1 aliphatic rings. The van der Waals surface area contributed by atoms with Crippen molar-refractivity contribution in [3.8, 4) is 0 Å². The molecule has 0 saturated heterocycles. The van der Waals surface area contributed by atoms with E-state index >= 15 is 0 Å². The molecule has 1 aliphatic carbocycles. The van der Waals surface area contributed by atoms with Gasteiger partial charge in [-0.25, -0.2) is 0 Å². The standard InChI is InChI=1S/C14H20ClN3O2/c1-2-17(11-8-6-10(16)7-9-11)14-12(15)4-3-5-13(14)18(19)20/h3-5,10-11H,2,6-9,16H2,1H3. The number of rotatable bonds is 4. The molecule has 20 heavy (non-hydrogen) atoms. The second kappa shape index (κ2) is 6.41. The molecule has 0 heterocycles. The summed E-state index contributed by atoms with van der Waals surface area (Å²) in [5, 5.41) is 11.7. The predicted octanol–water partition coefficient (Wildman–Crippen LogP) is 3.34. The second-order valence-electron chi connectivity index (χ2n) is 5.22. The molecule has 0 atom stereocenters. The van der Waals surface area contributed by atoms with Gasteiger partial charge >= 0.3 is 0 Å². The van der Waals surface area contributed by atoms with E-state index in [1.165, 1.54) is 6.07 Å². The van der Waals surface area contributed by atoms with E-state index in [9.17, 15) is 10.1 Å². The molecule has 1 saturated carbocycles. The molecular formula is C14H20ClN3O2. The number of halogens is 1. The molecular weight excluding hydrogens is 278 g/mol. The Labute approximate surface area is 123 Å². The van der Waals surface area contributed by atoms with Crippen molar-refractivity contribution in [2.75, 3.05) is 11.4 Å². The molecule has 1 aromatic carbocycles. The topological polar surface area (TPSA) is 72.4 Å². The molecule has 1 fully saturated rings. The van der Waals surface area contributed by atoms with Crippen molar-refractivity contribution >= 4 is 23.0 Å². The minimum Gasteiger partial charge on any atom is -0.362 e. The Morgan fingerprint density at radius 2 is 2.05 bits per heavy atom. The van der Waals surface area contributed by atoms with Crippen LogP contribution in [0.2, 0.25) is 5.02 Å². The third kappa shape index (κ3) is 3.04. The third-order valence-corrected chi connectivity index (χ3v) is 4.28. The fraction of sp³-hybridized carbons (Fsp3) is 0.571. The van der Waals surface area contributed by atoms with Gasteiger partial charge in [0, 0.05) is 24.7 Å². The SMILES string of the molecule is CCN(c1c(Cl)cccc1[N+](=O)[O-])C1CCC(N)CC1. The van der Waals surface area contributed by atoms with Crippen LogP contribution in [0.25, 0.3) is 0 Å². The van der Waals surface area contributed by atoms with E-state index in [4.69, 9.17) is 17.3 Å². The smallest absolute Gasteiger partial charge is 0.294 e. The first-order valence-corrected chi connectivity index (χ1v) is 7.37. The Balaban J connectivity index is 2.34. The monoisotopic (exact) mass is 297 g/mol. The zero-order valence-electron chi connectivity index (χ0n) is 11.6. The Morgan fingerprint density at radius 3 is 2.60 bits per heavy atom. The van der Waals surface area contributed by atoms with E-state index in [-0.39, 0.29) is 22.7 Å². The molecule has 1 aromatic rings. The molecule has 110 valence electrons. The quantitative estimate of drug-likeness (QED) is 0.683. The predicted molar refractivity (Wildman–Crippen MR) is 81.4 cm³/mol. The normalized spacial score (nSPS) is 22.6. The van der Waals surface area contributed by atoms with Gasteiger partial charge in [-0.15, -0.1) is 0 Å². The zero-order chi connectivity index (χ0) is 14.7. The molecule has 0 aromatic heterocycles. The van der Waals surface area contributed by atoms with Gasteiger partial charge in [-0.3, -0.25) is 10.1 Å². The fourth-order valence-electron chi connectivity index (χ4n) is 2.95. The number of benzene rings is 1. The number of anilines is 1. The second-order valence-corrected chi connectivity index (χ2v) is 5.63. The Kier molecular flexibility index (Phi) is 4.83. The van der Waals surface area contributed by atoms with E-state index in [2.05, 4.69) is 4.90 Å². The number of nitrogens with zero attached hydrogens (tertiary/aromatic N) is 2. The van der Waals surface area contributed by atoms with Gasteiger partial charge < -0.3 is 10.6 Å². The van der Waals surface area contributed by atoms with Crippen molar-refractivity contribution in [3.63, 3.8) is 0 Å². The lowest BCUT2D eigenvalue weighted by molar-refractivity contribution is -0.384. The Morgan fingerprint density at radius 1 is 1.40 bits per heavy atom. The van der Waals surface area contributed by atoms with Crippen LogP contribution in [-0.4, -0.2) is 23.6 Å². The number of nitro groups is 1. The maximum absolute atomic E-state index is 11.2. The summed E-state index contributed by atoms with van der Waals surface area (Å²) in [6, 6.07) is 5.37. The highest BCUT2D eigenvalue weighted by atomic mass is 35.5. The van der Waals surface area contributed by atoms with E-state index in [0.717, 1.165) is 25.7 Å². The van der Waals surface area contributed by atoms with Crippen LogP contribution in [0, 0.1) is 10.1 Å². The summed E-state index contributed by atoms with van der Waals surface area (Å²) in [6.07, 6.45) is 3.83. The largest absolute Gasteiger partial charge is 0.362 e. The summed E-state index contributed by atoms with van der Waals surface area (Å²) in [7, 11) is 0. The van der Waals surface area contributed by atoms with Crippen molar-refractivity contribution in [2.45, 2.75) is 44.7 Å². The van der Waals surface area contributed by atoms with Gasteiger partial charge in [0.1, 0.15) is 5.69 Å². The maximum Gasteiger partial charge on any atom is 0.294 e. The van der Waals surface area contributed by atoms with E-state index < -0.39 is 0 Å². The van der Waals surface area contributed by atoms with Crippen LogP contribution >= 0.6 is 11.6 Å². The van der Waals surface area contributed by atoms with Gasteiger partial charge in [0.15, 0.2) is 0 Å². The lowest BCUT2D eigenvalue weighted by Crippen LogP contribution is -2.41. The van der Waals surface area contributed by atoms with Gasteiger partial charge in [0.2, 0.25) is 0 Å². The Bertz CT molecular complexity index is 487. The molecule has 5 nitrogen and oxygen atoms in total. The summed E-state index contributed by atoms with van der Waals surface area (Å²) < 4.78 is 0. The minimum absolute atomic E-state index is 0.0780. The highest BCUT2D eigenvalue weighted by Crippen LogP contribution is 2.38. The number of para-hydroxylation sites is 1. The van der Waals surface area contributed by atoms with E-state index in [0.29, 0.717) is 17.3 Å². The molecule has 0 spiro atoms. The van der Waals surface area contributed by atoms with Crippen molar-refractivity contribution in [3.05, 3.63) is 33.3 Å². The summed E-state index contributed by atoms with van der Waals surface area (Å²) >= 11 is 6.22. The van der Waals surface area contributed by atoms with Gasteiger partial charge in [0.05, 0.1) is 9.95 Å². The van der Waals surface area contributed by atoms with Crippen molar-refractivity contribution in [2.24, 2.45) is 5.73 Å². The van der Waals surface area contributed by atoms with Gasteiger partial charge in [0.25, 0.3) is 5.69 Å². The summed E-state index contributed by atoms with van der Waals surface area (Å²) in [4.78, 5) is 12.9. The molecule has 0 amide bonds. The molecule has 0 aliphatic heterocycles. The van der Waals surface area contributed by atoms with E-state index in [1.54, 1.807) is 12.1 Å². The average molecular weight is 298 g/mol. The Hall–Kier alpha value is -1.33. The van der Waals surface area contributed by atoms with Crippen LogP contribution in [0.4, 0.5) is 11.4 Å². The highest BCUT2D eigenvalue weighted by molar-refractivity contribution is 6.33. The molecule has 0 unspecified atom stereocenters. The molecule has 0 bridgehead atoms. The summed E-state index contributed by atoms with van der Waals surface area (Å²) in [6.45, 7) is 2.70.